The quantitative estimate of drug-likeness (QED) is 0.842. The summed E-state index contributed by atoms with van der Waals surface area (Å²) in [7, 11) is 0. The van der Waals surface area contributed by atoms with Gasteiger partial charge in [0.25, 0.3) is 0 Å². The lowest BCUT2D eigenvalue weighted by molar-refractivity contribution is 0.616. The highest BCUT2D eigenvalue weighted by molar-refractivity contribution is 8.00. The van der Waals surface area contributed by atoms with Gasteiger partial charge in [0.2, 0.25) is 0 Å². The van der Waals surface area contributed by atoms with E-state index in [2.05, 4.69) is 0 Å². The first-order valence-electron chi connectivity index (χ1n) is 4.93. The smallest absolute Gasteiger partial charge is 0.127 e. The molecule has 1 heterocycles. The Bertz CT molecular complexity index is 454. The number of rotatable bonds is 4. The second kappa shape index (κ2) is 5.48. The molecule has 0 unspecified atom stereocenters. The van der Waals surface area contributed by atoms with Gasteiger partial charge in [-0.25, -0.2) is 4.39 Å². The Balaban J connectivity index is 2.08. The maximum atomic E-state index is 13.5. The van der Waals surface area contributed by atoms with E-state index in [-0.39, 0.29) is 5.82 Å². The van der Waals surface area contributed by atoms with Gasteiger partial charge in [0.05, 0.1) is 4.21 Å². The van der Waals surface area contributed by atoms with E-state index in [1.54, 1.807) is 29.2 Å². The molecule has 0 bridgehead atoms. The summed E-state index contributed by atoms with van der Waals surface area (Å²) in [5, 5.41) is 2.02. The van der Waals surface area contributed by atoms with Crippen LogP contribution in [0.4, 0.5) is 4.39 Å². The summed E-state index contributed by atoms with van der Waals surface area (Å²) in [6, 6.07) is 9.11. The van der Waals surface area contributed by atoms with Crippen molar-refractivity contribution in [2.24, 2.45) is 5.73 Å². The molecular weight excluding hydrogens is 241 g/mol. The molecule has 0 atom stereocenters. The summed E-state index contributed by atoms with van der Waals surface area (Å²) in [5.41, 5.74) is 7.23. The Morgan fingerprint density at radius 3 is 2.88 bits per heavy atom. The molecule has 0 amide bonds. The van der Waals surface area contributed by atoms with E-state index < -0.39 is 0 Å². The Hall–Kier alpha value is -0.840. The molecule has 84 valence electrons. The lowest BCUT2D eigenvalue weighted by Gasteiger charge is -2.04. The first kappa shape index (κ1) is 11.6. The molecule has 0 saturated heterocycles. The molecule has 0 radical (unpaired) electrons. The molecule has 16 heavy (non-hydrogen) atoms. The van der Waals surface area contributed by atoms with E-state index in [4.69, 9.17) is 5.73 Å². The van der Waals surface area contributed by atoms with Gasteiger partial charge in [-0.2, -0.15) is 0 Å². The first-order chi connectivity index (χ1) is 7.79. The molecule has 2 aromatic rings. The van der Waals surface area contributed by atoms with E-state index in [9.17, 15) is 4.39 Å². The molecule has 0 aliphatic rings. The monoisotopic (exact) mass is 253 g/mol. The van der Waals surface area contributed by atoms with Crippen LogP contribution in [0.25, 0.3) is 0 Å². The number of thioether (sulfide) groups is 1. The van der Waals surface area contributed by atoms with Gasteiger partial charge in [-0.05, 0) is 28.6 Å². The van der Waals surface area contributed by atoms with E-state index >= 15 is 0 Å². The van der Waals surface area contributed by atoms with Crippen LogP contribution in [0.5, 0.6) is 0 Å². The molecule has 4 heteroatoms. The molecule has 1 aromatic carbocycles. The van der Waals surface area contributed by atoms with Crippen molar-refractivity contribution in [1.82, 2.24) is 0 Å². The van der Waals surface area contributed by atoms with Crippen molar-refractivity contribution in [3.63, 3.8) is 0 Å². The van der Waals surface area contributed by atoms with Gasteiger partial charge in [0.1, 0.15) is 5.82 Å². The van der Waals surface area contributed by atoms with Crippen molar-refractivity contribution in [3.8, 4) is 0 Å². The van der Waals surface area contributed by atoms with Crippen molar-refractivity contribution in [1.29, 1.82) is 0 Å². The van der Waals surface area contributed by atoms with Crippen LogP contribution in [-0.4, -0.2) is 0 Å². The maximum Gasteiger partial charge on any atom is 0.127 e. The second-order valence-corrected chi connectivity index (χ2v) is 5.57. The highest BCUT2D eigenvalue weighted by atomic mass is 32.2. The molecule has 0 aliphatic carbocycles. The molecular formula is C12H12FNS2. The van der Waals surface area contributed by atoms with Gasteiger partial charge >= 0.3 is 0 Å². The number of halogens is 1. The lowest BCUT2D eigenvalue weighted by Crippen LogP contribution is -1.98. The van der Waals surface area contributed by atoms with Gasteiger partial charge < -0.3 is 5.73 Å². The molecule has 0 spiro atoms. The predicted molar refractivity (Wildman–Crippen MR) is 68.2 cm³/mol. The third-order valence-corrected chi connectivity index (χ3v) is 4.39. The van der Waals surface area contributed by atoms with Gasteiger partial charge in [-0.15, -0.1) is 23.1 Å². The summed E-state index contributed by atoms with van der Waals surface area (Å²) in [6.07, 6.45) is 0. The minimum absolute atomic E-state index is 0.152. The van der Waals surface area contributed by atoms with Gasteiger partial charge in [-0.1, -0.05) is 18.2 Å². The summed E-state index contributed by atoms with van der Waals surface area (Å²) in [4.78, 5) is 0. The van der Waals surface area contributed by atoms with E-state index in [1.807, 2.05) is 23.6 Å². The third-order valence-electron chi connectivity index (χ3n) is 2.21. The number of hydrogen-bond acceptors (Lipinski definition) is 3. The Morgan fingerprint density at radius 1 is 1.31 bits per heavy atom. The Morgan fingerprint density at radius 2 is 2.19 bits per heavy atom. The summed E-state index contributed by atoms with van der Waals surface area (Å²) in [5.74, 6) is 0.501. The molecule has 1 aromatic heterocycles. The summed E-state index contributed by atoms with van der Waals surface area (Å²) in [6.45, 7) is 0.455. The normalized spacial score (nSPS) is 10.6. The molecule has 0 fully saturated rings. The topological polar surface area (TPSA) is 26.0 Å². The van der Waals surface area contributed by atoms with Crippen molar-refractivity contribution in [2.45, 2.75) is 16.5 Å². The minimum atomic E-state index is -0.152. The molecule has 2 N–H and O–H groups in total. The third kappa shape index (κ3) is 2.84. The molecule has 0 saturated carbocycles. The summed E-state index contributed by atoms with van der Waals surface area (Å²) >= 11 is 3.33. The number of thiophene rings is 1. The fourth-order valence-electron chi connectivity index (χ4n) is 1.36. The van der Waals surface area contributed by atoms with Crippen LogP contribution in [0, 0.1) is 5.82 Å². The molecule has 1 nitrogen and oxygen atoms in total. The summed E-state index contributed by atoms with van der Waals surface area (Å²) < 4.78 is 14.7. The Labute approximate surface area is 102 Å². The van der Waals surface area contributed by atoms with Crippen LogP contribution in [0.1, 0.15) is 11.1 Å². The van der Waals surface area contributed by atoms with Crippen LogP contribution in [-0.2, 0) is 12.3 Å². The fraction of sp³-hybridized carbons (Fsp3) is 0.167. The van der Waals surface area contributed by atoms with Crippen molar-refractivity contribution < 1.29 is 4.39 Å². The van der Waals surface area contributed by atoms with E-state index in [0.717, 1.165) is 11.1 Å². The standard InChI is InChI=1S/C12H12FNS2/c13-11-4-3-9(7-14)6-10(11)8-16-12-2-1-5-15-12/h1-6H,7-8,14H2. The van der Waals surface area contributed by atoms with E-state index in [1.165, 1.54) is 10.3 Å². The van der Waals surface area contributed by atoms with Gasteiger partial charge in [0, 0.05) is 12.3 Å². The number of nitrogens with two attached hydrogens (primary N) is 1. The van der Waals surface area contributed by atoms with Crippen LogP contribution < -0.4 is 5.73 Å². The lowest BCUT2D eigenvalue weighted by atomic mass is 10.1. The average Bonchev–Trinajstić information content (AvgIpc) is 2.81. The SMILES string of the molecule is NCc1ccc(F)c(CSc2cccs2)c1. The fourth-order valence-corrected chi connectivity index (χ4v) is 3.12. The Kier molecular flexibility index (Phi) is 3.98. The van der Waals surface area contributed by atoms with Gasteiger partial charge in [0.15, 0.2) is 0 Å². The van der Waals surface area contributed by atoms with Gasteiger partial charge in [-0.3, -0.25) is 0 Å². The second-order valence-electron chi connectivity index (χ2n) is 3.35. The van der Waals surface area contributed by atoms with Crippen LogP contribution in [0.3, 0.4) is 0 Å². The largest absolute Gasteiger partial charge is 0.326 e. The van der Waals surface area contributed by atoms with Crippen molar-refractivity contribution >= 4 is 23.1 Å². The van der Waals surface area contributed by atoms with Crippen LogP contribution in [0.2, 0.25) is 0 Å². The minimum Gasteiger partial charge on any atom is -0.326 e. The zero-order chi connectivity index (χ0) is 11.4. The maximum absolute atomic E-state index is 13.5. The zero-order valence-electron chi connectivity index (χ0n) is 8.65. The molecule has 0 aliphatic heterocycles. The highest BCUT2D eigenvalue weighted by Crippen LogP contribution is 2.28. The van der Waals surface area contributed by atoms with Crippen molar-refractivity contribution in [3.05, 3.63) is 52.7 Å². The highest BCUT2D eigenvalue weighted by Gasteiger charge is 2.04. The predicted octanol–water partition coefficient (Wildman–Crippen LogP) is 3.64. The van der Waals surface area contributed by atoms with E-state index in [0.29, 0.717) is 12.3 Å². The van der Waals surface area contributed by atoms with Crippen LogP contribution in [0.15, 0.2) is 39.9 Å². The zero-order valence-corrected chi connectivity index (χ0v) is 10.3. The molecule has 2 rings (SSSR count). The number of hydrogen-bond donors (Lipinski definition) is 1. The van der Waals surface area contributed by atoms with Crippen LogP contribution >= 0.6 is 23.1 Å². The van der Waals surface area contributed by atoms with Crippen molar-refractivity contribution in [2.75, 3.05) is 0 Å². The first-order valence-corrected chi connectivity index (χ1v) is 6.80. The average molecular weight is 253 g/mol. The number of benzene rings is 1.